The predicted octanol–water partition coefficient (Wildman–Crippen LogP) is 1.52. The van der Waals surface area contributed by atoms with E-state index in [1.54, 1.807) is 13.0 Å². The van der Waals surface area contributed by atoms with Crippen molar-refractivity contribution < 1.29 is 19.0 Å². The van der Waals surface area contributed by atoms with Crippen LogP contribution in [0.1, 0.15) is 5.56 Å². The average molecular weight is 214 g/mol. The van der Waals surface area contributed by atoms with E-state index in [2.05, 4.69) is 0 Å². The molecule has 0 spiro atoms. The summed E-state index contributed by atoms with van der Waals surface area (Å²) in [6.45, 7) is 2.02. The zero-order chi connectivity index (χ0) is 11.3. The van der Waals surface area contributed by atoms with Gasteiger partial charge in [-0.1, -0.05) is 0 Å². The van der Waals surface area contributed by atoms with Gasteiger partial charge in [0.15, 0.2) is 0 Å². The third-order valence-electron chi connectivity index (χ3n) is 1.93. The first-order valence-corrected chi connectivity index (χ1v) is 4.69. The summed E-state index contributed by atoms with van der Waals surface area (Å²) >= 11 is 0. The highest BCUT2D eigenvalue weighted by Crippen LogP contribution is 2.15. The first-order valence-electron chi connectivity index (χ1n) is 4.69. The summed E-state index contributed by atoms with van der Waals surface area (Å²) in [6, 6.07) is 4.46. The lowest BCUT2D eigenvalue weighted by molar-refractivity contribution is 0.0325. The van der Waals surface area contributed by atoms with E-state index in [0.29, 0.717) is 11.3 Å². The maximum absolute atomic E-state index is 12.9. The Morgan fingerprint density at radius 2 is 2.13 bits per heavy atom. The number of aryl methyl sites for hydroxylation is 1. The molecule has 15 heavy (non-hydrogen) atoms. The number of methoxy groups -OCH3 is 1. The van der Waals surface area contributed by atoms with Crippen LogP contribution in [0, 0.1) is 12.7 Å². The second-order valence-corrected chi connectivity index (χ2v) is 3.33. The maximum atomic E-state index is 12.9. The average Bonchev–Trinajstić information content (AvgIpc) is 2.20. The van der Waals surface area contributed by atoms with E-state index in [1.807, 2.05) is 0 Å². The van der Waals surface area contributed by atoms with Crippen molar-refractivity contribution in [3.05, 3.63) is 29.6 Å². The van der Waals surface area contributed by atoms with Crippen LogP contribution in [0.15, 0.2) is 18.2 Å². The molecule has 84 valence electrons. The van der Waals surface area contributed by atoms with Crippen molar-refractivity contribution in [3.63, 3.8) is 0 Å². The van der Waals surface area contributed by atoms with Crippen molar-refractivity contribution in [2.45, 2.75) is 13.0 Å². The first kappa shape index (κ1) is 11.9. The molecule has 0 aliphatic heterocycles. The number of aliphatic hydroxyl groups is 1. The van der Waals surface area contributed by atoms with Gasteiger partial charge in [-0.15, -0.1) is 0 Å². The molecule has 0 saturated carbocycles. The molecule has 4 heteroatoms. The summed E-state index contributed by atoms with van der Waals surface area (Å²) in [5, 5.41) is 9.31. The van der Waals surface area contributed by atoms with Crippen molar-refractivity contribution in [1.29, 1.82) is 0 Å². The Bertz CT molecular complexity index is 315. The van der Waals surface area contributed by atoms with Crippen LogP contribution in [-0.2, 0) is 4.74 Å². The summed E-state index contributed by atoms with van der Waals surface area (Å²) in [7, 11) is 1.51. The van der Waals surface area contributed by atoms with Gasteiger partial charge in [-0.3, -0.25) is 0 Å². The van der Waals surface area contributed by atoms with Crippen molar-refractivity contribution in [3.8, 4) is 5.75 Å². The third-order valence-corrected chi connectivity index (χ3v) is 1.93. The SMILES string of the molecule is COCC(O)COc1ccc(F)c(C)c1. The summed E-state index contributed by atoms with van der Waals surface area (Å²) in [5.74, 6) is 0.281. The predicted molar refractivity (Wildman–Crippen MR) is 54.5 cm³/mol. The number of aliphatic hydroxyl groups excluding tert-OH is 1. The molecule has 1 N–H and O–H groups in total. The summed E-state index contributed by atoms with van der Waals surface area (Å²) in [5.41, 5.74) is 0.522. The van der Waals surface area contributed by atoms with E-state index in [1.165, 1.54) is 19.2 Å². The Hall–Kier alpha value is -1.13. The number of benzene rings is 1. The summed E-state index contributed by atoms with van der Waals surface area (Å²) in [6.07, 6.45) is -0.666. The molecule has 0 aliphatic rings. The minimum atomic E-state index is -0.666. The lowest BCUT2D eigenvalue weighted by Gasteiger charge is -2.11. The van der Waals surface area contributed by atoms with E-state index in [0.717, 1.165) is 0 Å². The molecule has 1 rings (SSSR count). The standard InChI is InChI=1S/C11H15FO3/c1-8-5-10(3-4-11(8)12)15-7-9(13)6-14-2/h3-5,9,13H,6-7H2,1-2H3. The van der Waals surface area contributed by atoms with Gasteiger partial charge in [-0.25, -0.2) is 4.39 Å². The highest BCUT2D eigenvalue weighted by Gasteiger charge is 2.05. The Balaban J connectivity index is 2.47. The van der Waals surface area contributed by atoms with Crippen LogP contribution >= 0.6 is 0 Å². The van der Waals surface area contributed by atoms with Crippen LogP contribution < -0.4 is 4.74 Å². The molecule has 0 fully saturated rings. The van der Waals surface area contributed by atoms with Crippen LogP contribution in [0.4, 0.5) is 4.39 Å². The topological polar surface area (TPSA) is 38.7 Å². The quantitative estimate of drug-likeness (QED) is 0.807. The first-order chi connectivity index (χ1) is 7.13. The van der Waals surface area contributed by atoms with E-state index >= 15 is 0 Å². The van der Waals surface area contributed by atoms with Gasteiger partial charge in [0.2, 0.25) is 0 Å². The van der Waals surface area contributed by atoms with Crippen LogP contribution in [-0.4, -0.2) is 31.5 Å². The van der Waals surface area contributed by atoms with Crippen LogP contribution in [0.5, 0.6) is 5.75 Å². The molecule has 0 bridgehead atoms. The smallest absolute Gasteiger partial charge is 0.126 e. The van der Waals surface area contributed by atoms with Gasteiger partial charge in [0.25, 0.3) is 0 Å². The van der Waals surface area contributed by atoms with Crippen molar-refractivity contribution >= 4 is 0 Å². The molecule has 0 heterocycles. The Kier molecular flexibility index (Phi) is 4.52. The van der Waals surface area contributed by atoms with Gasteiger partial charge in [-0.05, 0) is 30.7 Å². The van der Waals surface area contributed by atoms with Gasteiger partial charge in [0.1, 0.15) is 24.3 Å². The van der Waals surface area contributed by atoms with Gasteiger partial charge in [-0.2, -0.15) is 0 Å². The molecule has 1 unspecified atom stereocenters. The van der Waals surface area contributed by atoms with Crippen LogP contribution in [0.2, 0.25) is 0 Å². The van der Waals surface area contributed by atoms with Crippen LogP contribution in [0.3, 0.4) is 0 Å². The molecule has 1 aromatic rings. The fourth-order valence-electron chi connectivity index (χ4n) is 1.14. The normalized spacial score (nSPS) is 12.5. The number of ether oxygens (including phenoxy) is 2. The lowest BCUT2D eigenvalue weighted by atomic mass is 10.2. The fraction of sp³-hybridized carbons (Fsp3) is 0.455. The molecule has 0 radical (unpaired) electrons. The highest BCUT2D eigenvalue weighted by molar-refractivity contribution is 5.28. The molecule has 1 atom stereocenters. The monoisotopic (exact) mass is 214 g/mol. The Morgan fingerprint density at radius 1 is 1.40 bits per heavy atom. The van der Waals surface area contributed by atoms with E-state index < -0.39 is 6.10 Å². The minimum Gasteiger partial charge on any atom is -0.491 e. The van der Waals surface area contributed by atoms with Crippen LogP contribution in [0.25, 0.3) is 0 Å². The molecule has 3 nitrogen and oxygen atoms in total. The fourth-order valence-corrected chi connectivity index (χ4v) is 1.14. The molecular formula is C11H15FO3. The Labute approximate surface area is 88.4 Å². The van der Waals surface area contributed by atoms with Gasteiger partial charge < -0.3 is 14.6 Å². The van der Waals surface area contributed by atoms with E-state index in [4.69, 9.17) is 9.47 Å². The number of rotatable bonds is 5. The molecule has 0 aliphatic carbocycles. The van der Waals surface area contributed by atoms with E-state index in [9.17, 15) is 9.50 Å². The minimum absolute atomic E-state index is 0.138. The summed E-state index contributed by atoms with van der Waals surface area (Å²) in [4.78, 5) is 0. The molecule has 0 saturated heterocycles. The Morgan fingerprint density at radius 3 is 2.73 bits per heavy atom. The zero-order valence-electron chi connectivity index (χ0n) is 8.87. The lowest BCUT2D eigenvalue weighted by Crippen LogP contribution is -2.22. The number of hydrogen-bond donors (Lipinski definition) is 1. The molecule has 1 aromatic carbocycles. The molecular weight excluding hydrogens is 199 g/mol. The second kappa shape index (κ2) is 5.68. The zero-order valence-corrected chi connectivity index (χ0v) is 8.87. The van der Waals surface area contributed by atoms with Crippen molar-refractivity contribution in [2.75, 3.05) is 20.3 Å². The number of halogens is 1. The van der Waals surface area contributed by atoms with Crippen molar-refractivity contribution in [2.24, 2.45) is 0 Å². The van der Waals surface area contributed by atoms with E-state index in [-0.39, 0.29) is 19.0 Å². The van der Waals surface area contributed by atoms with Crippen molar-refractivity contribution in [1.82, 2.24) is 0 Å². The number of hydrogen-bond acceptors (Lipinski definition) is 3. The molecule has 0 amide bonds. The largest absolute Gasteiger partial charge is 0.491 e. The van der Waals surface area contributed by atoms with Gasteiger partial charge >= 0.3 is 0 Å². The van der Waals surface area contributed by atoms with Gasteiger partial charge in [0.05, 0.1) is 6.61 Å². The molecule has 0 aromatic heterocycles. The maximum Gasteiger partial charge on any atom is 0.126 e. The third kappa shape index (κ3) is 3.85. The van der Waals surface area contributed by atoms with Gasteiger partial charge in [0, 0.05) is 7.11 Å². The summed E-state index contributed by atoms with van der Waals surface area (Å²) < 4.78 is 22.9. The second-order valence-electron chi connectivity index (χ2n) is 3.33. The highest BCUT2D eigenvalue weighted by atomic mass is 19.1.